The molecule has 0 saturated carbocycles. The highest BCUT2D eigenvalue weighted by molar-refractivity contribution is 5.02. The van der Waals surface area contributed by atoms with Gasteiger partial charge in [-0.25, -0.2) is 0 Å². The van der Waals surface area contributed by atoms with Gasteiger partial charge in [0.1, 0.15) is 0 Å². The number of nitrogens with one attached hydrogen (secondary N) is 1. The van der Waals surface area contributed by atoms with E-state index in [0.29, 0.717) is 0 Å². The highest BCUT2D eigenvalue weighted by Crippen LogP contribution is 2.05. The van der Waals surface area contributed by atoms with Crippen LogP contribution < -0.4 is 5.32 Å². The Balaban J connectivity index is 3.55. The molecule has 1 N–H and O–H groups in total. The van der Waals surface area contributed by atoms with Crippen LogP contribution in [0.3, 0.4) is 0 Å². The monoisotopic (exact) mass is 181 g/mol. The normalized spacial score (nSPS) is 11.5. The van der Waals surface area contributed by atoms with Gasteiger partial charge in [0.05, 0.1) is 0 Å². The third kappa shape index (κ3) is 9.35. The van der Waals surface area contributed by atoms with Crippen molar-refractivity contribution < 1.29 is 0 Å². The van der Waals surface area contributed by atoms with Crippen LogP contribution in [0.2, 0.25) is 0 Å². The Bertz CT molecular complexity index is 174. The van der Waals surface area contributed by atoms with Gasteiger partial charge < -0.3 is 5.32 Å². The van der Waals surface area contributed by atoms with Gasteiger partial charge in [-0.2, -0.15) is 0 Å². The van der Waals surface area contributed by atoms with Gasteiger partial charge in [0.15, 0.2) is 0 Å². The molecule has 0 fully saturated rings. The molecular weight excluding hydrogens is 158 g/mol. The zero-order chi connectivity index (χ0) is 10.1. The lowest BCUT2D eigenvalue weighted by Crippen LogP contribution is -2.12. The van der Waals surface area contributed by atoms with E-state index in [1.54, 1.807) is 0 Å². The zero-order valence-corrected chi connectivity index (χ0v) is 9.48. The second-order valence-corrected chi connectivity index (χ2v) is 3.68. The van der Waals surface area contributed by atoms with Crippen LogP contribution in [0.5, 0.6) is 0 Å². The predicted octanol–water partition coefficient (Wildman–Crippen LogP) is 3.29. The van der Waals surface area contributed by atoms with Gasteiger partial charge in [-0.05, 0) is 40.2 Å². The molecule has 76 valence electrons. The van der Waals surface area contributed by atoms with Gasteiger partial charge >= 0.3 is 0 Å². The molecule has 0 unspecified atom stereocenters. The van der Waals surface area contributed by atoms with Crippen LogP contribution in [-0.2, 0) is 0 Å². The summed E-state index contributed by atoms with van der Waals surface area (Å²) in [6.45, 7) is 10.7. The molecule has 0 aliphatic rings. The highest BCUT2D eigenvalue weighted by Gasteiger charge is 1.87. The van der Waals surface area contributed by atoms with Crippen LogP contribution in [-0.4, -0.2) is 13.1 Å². The Labute approximate surface area is 82.9 Å². The molecule has 0 saturated heterocycles. The Morgan fingerprint density at radius 2 is 1.85 bits per heavy atom. The molecule has 0 amide bonds. The molecule has 0 aromatic rings. The first kappa shape index (κ1) is 12.4. The Morgan fingerprint density at radius 1 is 1.15 bits per heavy atom. The molecular formula is C12H23N. The summed E-state index contributed by atoms with van der Waals surface area (Å²) in [6.07, 6.45) is 6.94. The molecule has 1 heteroatoms. The summed E-state index contributed by atoms with van der Waals surface area (Å²) in [5.74, 6) is 0. The molecule has 0 spiro atoms. The summed E-state index contributed by atoms with van der Waals surface area (Å²) in [7, 11) is 0. The topological polar surface area (TPSA) is 12.0 Å². The zero-order valence-electron chi connectivity index (χ0n) is 9.48. The van der Waals surface area contributed by atoms with E-state index in [1.165, 1.54) is 24.0 Å². The van der Waals surface area contributed by atoms with Crippen LogP contribution in [0.15, 0.2) is 23.3 Å². The Morgan fingerprint density at radius 3 is 2.38 bits per heavy atom. The molecule has 0 rings (SSSR count). The maximum Gasteiger partial charge on any atom is 0.0137 e. The molecule has 0 bridgehead atoms. The maximum absolute atomic E-state index is 3.29. The van der Waals surface area contributed by atoms with Crippen molar-refractivity contribution in [2.75, 3.05) is 13.1 Å². The second kappa shape index (κ2) is 8.06. The molecule has 13 heavy (non-hydrogen) atoms. The quantitative estimate of drug-likeness (QED) is 0.490. The minimum absolute atomic E-state index is 1.01. The number of allylic oxidation sites excluding steroid dienone is 3. The first-order valence-corrected chi connectivity index (χ1v) is 5.16. The Kier molecular flexibility index (Phi) is 7.71. The molecule has 0 heterocycles. The van der Waals surface area contributed by atoms with E-state index in [2.05, 4.69) is 45.2 Å². The molecule has 0 atom stereocenters. The van der Waals surface area contributed by atoms with Crippen LogP contribution in [0.25, 0.3) is 0 Å². The SMILES string of the molecule is CCNCC=C(C)CCC=C(C)C. The number of likely N-dealkylation sites (N-methyl/N-ethyl adjacent to an activating group) is 1. The standard InChI is InChI=1S/C12H23N/c1-5-13-10-9-12(4)8-6-7-11(2)3/h7,9,13H,5-6,8,10H2,1-4H3. The average molecular weight is 181 g/mol. The van der Waals surface area contributed by atoms with Gasteiger partial charge in [-0.15, -0.1) is 0 Å². The van der Waals surface area contributed by atoms with Crippen molar-refractivity contribution in [3.05, 3.63) is 23.3 Å². The van der Waals surface area contributed by atoms with Crippen LogP contribution >= 0.6 is 0 Å². The Hall–Kier alpha value is -0.560. The smallest absolute Gasteiger partial charge is 0.0137 e. The van der Waals surface area contributed by atoms with Gasteiger partial charge in [0.25, 0.3) is 0 Å². The van der Waals surface area contributed by atoms with Crippen molar-refractivity contribution in [1.82, 2.24) is 5.32 Å². The summed E-state index contributed by atoms with van der Waals surface area (Å²) in [5.41, 5.74) is 2.90. The van der Waals surface area contributed by atoms with Crippen molar-refractivity contribution in [2.45, 2.75) is 40.5 Å². The molecule has 0 aromatic carbocycles. The molecule has 0 radical (unpaired) electrons. The lowest BCUT2D eigenvalue weighted by Gasteiger charge is -1.99. The third-order valence-electron chi connectivity index (χ3n) is 1.94. The van der Waals surface area contributed by atoms with E-state index in [4.69, 9.17) is 0 Å². The fourth-order valence-corrected chi connectivity index (χ4v) is 1.08. The molecule has 1 nitrogen and oxygen atoms in total. The van der Waals surface area contributed by atoms with E-state index >= 15 is 0 Å². The average Bonchev–Trinajstić information content (AvgIpc) is 2.04. The molecule has 0 aromatic heterocycles. The van der Waals surface area contributed by atoms with E-state index in [9.17, 15) is 0 Å². The fourth-order valence-electron chi connectivity index (χ4n) is 1.08. The van der Waals surface area contributed by atoms with E-state index < -0.39 is 0 Å². The van der Waals surface area contributed by atoms with Crippen LogP contribution in [0.1, 0.15) is 40.5 Å². The van der Waals surface area contributed by atoms with Crippen LogP contribution in [0, 0.1) is 0 Å². The molecule has 0 aliphatic heterocycles. The number of hydrogen-bond donors (Lipinski definition) is 1. The van der Waals surface area contributed by atoms with E-state index in [-0.39, 0.29) is 0 Å². The third-order valence-corrected chi connectivity index (χ3v) is 1.94. The van der Waals surface area contributed by atoms with Crippen LogP contribution in [0.4, 0.5) is 0 Å². The summed E-state index contributed by atoms with van der Waals surface area (Å²) < 4.78 is 0. The highest BCUT2D eigenvalue weighted by atomic mass is 14.8. The number of rotatable bonds is 6. The second-order valence-electron chi connectivity index (χ2n) is 3.68. The van der Waals surface area contributed by atoms with Gasteiger partial charge in [0.2, 0.25) is 0 Å². The first-order chi connectivity index (χ1) is 6.16. The van der Waals surface area contributed by atoms with Gasteiger partial charge in [-0.3, -0.25) is 0 Å². The van der Waals surface area contributed by atoms with E-state index in [1.807, 2.05) is 0 Å². The lowest BCUT2D eigenvalue weighted by atomic mass is 10.1. The van der Waals surface area contributed by atoms with Gasteiger partial charge in [0, 0.05) is 6.54 Å². The summed E-state index contributed by atoms with van der Waals surface area (Å²) in [5, 5.41) is 3.29. The van der Waals surface area contributed by atoms with Crippen molar-refractivity contribution in [1.29, 1.82) is 0 Å². The van der Waals surface area contributed by atoms with Crippen molar-refractivity contribution >= 4 is 0 Å². The minimum Gasteiger partial charge on any atom is -0.314 e. The van der Waals surface area contributed by atoms with E-state index in [0.717, 1.165) is 13.1 Å². The number of hydrogen-bond acceptors (Lipinski definition) is 1. The first-order valence-electron chi connectivity index (χ1n) is 5.16. The fraction of sp³-hybridized carbons (Fsp3) is 0.667. The van der Waals surface area contributed by atoms with Crippen molar-refractivity contribution in [3.63, 3.8) is 0 Å². The summed E-state index contributed by atoms with van der Waals surface area (Å²) in [6, 6.07) is 0. The lowest BCUT2D eigenvalue weighted by molar-refractivity contribution is 0.791. The van der Waals surface area contributed by atoms with Gasteiger partial charge in [-0.1, -0.05) is 30.2 Å². The minimum atomic E-state index is 1.01. The maximum atomic E-state index is 3.29. The molecule has 0 aliphatic carbocycles. The predicted molar refractivity (Wildman–Crippen MR) is 61.0 cm³/mol. The van der Waals surface area contributed by atoms with Crippen molar-refractivity contribution in [2.24, 2.45) is 0 Å². The summed E-state index contributed by atoms with van der Waals surface area (Å²) >= 11 is 0. The summed E-state index contributed by atoms with van der Waals surface area (Å²) in [4.78, 5) is 0. The van der Waals surface area contributed by atoms with Crippen molar-refractivity contribution in [3.8, 4) is 0 Å². The largest absolute Gasteiger partial charge is 0.314 e.